The maximum absolute atomic E-state index is 8.94. The van der Waals surface area contributed by atoms with Crippen LogP contribution in [-0.2, 0) is 0 Å². The molecule has 0 radical (unpaired) electrons. The number of hydrogen-bond donors (Lipinski definition) is 1. The fourth-order valence-corrected chi connectivity index (χ4v) is 1.06. The molecule has 1 aliphatic carbocycles. The molecule has 0 heterocycles. The van der Waals surface area contributed by atoms with Crippen LogP contribution in [0.4, 0.5) is 0 Å². The first-order valence-corrected chi connectivity index (χ1v) is 3.19. The molecule has 2 atom stereocenters. The van der Waals surface area contributed by atoms with Gasteiger partial charge in [-0.05, 0) is 18.8 Å². The van der Waals surface area contributed by atoms with Crippen LogP contribution in [0, 0.1) is 5.92 Å². The largest absolute Gasteiger partial charge is 0.389 e. The van der Waals surface area contributed by atoms with E-state index in [1.54, 1.807) is 0 Å². The topological polar surface area (TPSA) is 20.2 Å². The lowest BCUT2D eigenvalue weighted by Crippen LogP contribution is -1.99. The Hall–Kier alpha value is -0.300. The average molecular weight is 112 g/mol. The Morgan fingerprint density at radius 3 is 2.62 bits per heavy atom. The monoisotopic (exact) mass is 112 g/mol. The first kappa shape index (κ1) is 5.83. The highest BCUT2D eigenvalue weighted by molar-refractivity contribution is 5.01. The van der Waals surface area contributed by atoms with Crippen LogP contribution in [-0.4, -0.2) is 11.2 Å². The van der Waals surface area contributed by atoms with E-state index >= 15 is 0 Å². The van der Waals surface area contributed by atoms with Crippen molar-refractivity contribution in [3.8, 4) is 0 Å². The highest BCUT2D eigenvalue weighted by atomic mass is 16.3. The van der Waals surface area contributed by atoms with Crippen molar-refractivity contribution in [1.82, 2.24) is 0 Å². The second-order valence-electron chi connectivity index (χ2n) is 2.36. The molecular formula is C7H12O. The zero-order valence-electron chi connectivity index (χ0n) is 5.17. The van der Waals surface area contributed by atoms with Gasteiger partial charge in [0.2, 0.25) is 0 Å². The SMILES string of the molecule is CCC1C=CC(O)C1. The van der Waals surface area contributed by atoms with Crippen molar-refractivity contribution in [2.24, 2.45) is 5.92 Å². The van der Waals surface area contributed by atoms with Gasteiger partial charge in [-0.25, -0.2) is 0 Å². The van der Waals surface area contributed by atoms with Gasteiger partial charge in [-0.1, -0.05) is 19.1 Å². The van der Waals surface area contributed by atoms with Crippen molar-refractivity contribution >= 4 is 0 Å². The van der Waals surface area contributed by atoms with E-state index in [2.05, 4.69) is 13.0 Å². The highest BCUT2D eigenvalue weighted by Gasteiger charge is 2.13. The quantitative estimate of drug-likeness (QED) is 0.507. The summed E-state index contributed by atoms with van der Waals surface area (Å²) >= 11 is 0. The highest BCUT2D eigenvalue weighted by Crippen LogP contribution is 2.19. The van der Waals surface area contributed by atoms with E-state index in [-0.39, 0.29) is 6.10 Å². The van der Waals surface area contributed by atoms with Gasteiger partial charge < -0.3 is 5.11 Å². The number of aliphatic hydroxyl groups is 1. The first-order valence-electron chi connectivity index (χ1n) is 3.19. The summed E-state index contributed by atoms with van der Waals surface area (Å²) in [7, 11) is 0. The van der Waals surface area contributed by atoms with Crippen LogP contribution in [0.15, 0.2) is 12.2 Å². The third-order valence-corrected chi connectivity index (χ3v) is 1.67. The van der Waals surface area contributed by atoms with Gasteiger partial charge in [0.15, 0.2) is 0 Å². The van der Waals surface area contributed by atoms with E-state index in [9.17, 15) is 0 Å². The Bertz CT molecular complexity index is 96.6. The van der Waals surface area contributed by atoms with Gasteiger partial charge >= 0.3 is 0 Å². The van der Waals surface area contributed by atoms with Crippen LogP contribution in [0.5, 0.6) is 0 Å². The zero-order valence-corrected chi connectivity index (χ0v) is 5.17. The summed E-state index contributed by atoms with van der Waals surface area (Å²) in [4.78, 5) is 0. The Kier molecular flexibility index (Phi) is 1.69. The van der Waals surface area contributed by atoms with Gasteiger partial charge in [-0.3, -0.25) is 0 Å². The van der Waals surface area contributed by atoms with Gasteiger partial charge in [0.05, 0.1) is 6.10 Å². The molecule has 0 spiro atoms. The molecule has 0 amide bonds. The molecule has 2 unspecified atom stereocenters. The second kappa shape index (κ2) is 2.31. The summed E-state index contributed by atoms with van der Waals surface area (Å²) in [5, 5.41) is 8.94. The second-order valence-corrected chi connectivity index (χ2v) is 2.36. The lowest BCUT2D eigenvalue weighted by atomic mass is 10.1. The van der Waals surface area contributed by atoms with E-state index < -0.39 is 0 Å². The van der Waals surface area contributed by atoms with Crippen molar-refractivity contribution in [3.05, 3.63) is 12.2 Å². The number of rotatable bonds is 1. The fraction of sp³-hybridized carbons (Fsp3) is 0.714. The normalized spacial score (nSPS) is 36.2. The molecule has 0 aromatic carbocycles. The van der Waals surface area contributed by atoms with Gasteiger partial charge in [0.1, 0.15) is 0 Å². The summed E-state index contributed by atoms with van der Waals surface area (Å²) < 4.78 is 0. The Morgan fingerprint density at radius 1 is 1.62 bits per heavy atom. The number of aliphatic hydroxyl groups excluding tert-OH is 1. The molecule has 0 saturated carbocycles. The van der Waals surface area contributed by atoms with Crippen LogP contribution in [0.3, 0.4) is 0 Å². The molecule has 1 nitrogen and oxygen atoms in total. The first-order chi connectivity index (χ1) is 3.83. The summed E-state index contributed by atoms with van der Waals surface area (Å²) in [6, 6.07) is 0. The summed E-state index contributed by atoms with van der Waals surface area (Å²) in [6.45, 7) is 2.15. The van der Waals surface area contributed by atoms with Gasteiger partial charge in [-0.15, -0.1) is 0 Å². The van der Waals surface area contributed by atoms with E-state index in [0.717, 1.165) is 12.8 Å². The Balaban J connectivity index is 2.34. The van der Waals surface area contributed by atoms with E-state index in [4.69, 9.17) is 5.11 Å². The molecule has 1 aliphatic rings. The van der Waals surface area contributed by atoms with E-state index in [1.165, 1.54) is 0 Å². The summed E-state index contributed by atoms with van der Waals surface area (Å²) in [5.41, 5.74) is 0. The van der Waals surface area contributed by atoms with E-state index in [0.29, 0.717) is 5.92 Å². The standard InChI is InChI=1S/C7H12O/c1-2-6-3-4-7(8)5-6/h3-4,6-8H,2,5H2,1H3. The predicted molar refractivity (Wildman–Crippen MR) is 33.5 cm³/mol. The van der Waals surface area contributed by atoms with Gasteiger partial charge in [-0.2, -0.15) is 0 Å². The molecule has 0 aromatic rings. The lowest BCUT2D eigenvalue weighted by Gasteiger charge is -2.01. The summed E-state index contributed by atoms with van der Waals surface area (Å²) in [6.07, 6.45) is 5.93. The minimum absolute atomic E-state index is 0.153. The molecule has 0 aromatic heterocycles. The van der Waals surface area contributed by atoms with Gasteiger partial charge in [0.25, 0.3) is 0 Å². The Morgan fingerprint density at radius 2 is 2.38 bits per heavy atom. The van der Waals surface area contributed by atoms with Crippen molar-refractivity contribution in [3.63, 3.8) is 0 Å². The predicted octanol–water partition coefficient (Wildman–Crippen LogP) is 1.33. The fourth-order valence-electron chi connectivity index (χ4n) is 1.06. The molecule has 0 fully saturated rings. The molecular weight excluding hydrogens is 100 g/mol. The molecule has 0 aliphatic heterocycles. The van der Waals surface area contributed by atoms with Crippen LogP contribution in [0.25, 0.3) is 0 Å². The third-order valence-electron chi connectivity index (χ3n) is 1.67. The smallest absolute Gasteiger partial charge is 0.0726 e. The van der Waals surface area contributed by atoms with Crippen molar-refractivity contribution < 1.29 is 5.11 Å². The average Bonchev–Trinajstić information content (AvgIpc) is 2.14. The number of hydrogen-bond acceptors (Lipinski definition) is 1. The maximum Gasteiger partial charge on any atom is 0.0726 e. The maximum atomic E-state index is 8.94. The van der Waals surface area contributed by atoms with Crippen LogP contribution in [0.2, 0.25) is 0 Å². The van der Waals surface area contributed by atoms with Crippen LogP contribution in [0.1, 0.15) is 19.8 Å². The van der Waals surface area contributed by atoms with Crippen molar-refractivity contribution in [2.45, 2.75) is 25.9 Å². The summed E-state index contributed by atoms with van der Waals surface area (Å²) in [5.74, 6) is 0.644. The Labute approximate surface area is 50.0 Å². The zero-order chi connectivity index (χ0) is 5.98. The van der Waals surface area contributed by atoms with E-state index in [1.807, 2.05) is 6.08 Å². The number of allylic oxidation sites excluding steroid dienone is 1. The molecule has 46 valence electrons. The minimum atomic E-state index is -0.153. The van der Waals surface area contributed by atoms with Crippen LogP contribution >= 0.6 is 0 Å². The lowest BCUT2D eigenvalue weighted by molar-refractivity contribution is 0.209. The minimum Gasteiger partial charge on any atom is -0.389 e. The molecule has 8 heavy (non-hydrogen) atoms. The molecule has 1 N–H and O–H groups in total. The molecule has 0 bridgehead atoms. The van der Waals surface area contributed by atoms with Crippen LogP contribution < -0.4 is 0 Å². The third kappa shape index (κ3) is 1.10. The van der Waals surface area contributed by atoms with Crippen molar-refractivity contribution in [2.75, 3.05) is 0 Å². The molecule has 1 rings (SSSR count). The molecule has 0 saturated heterocycles. The molecule has 1 heteroatoms. The van der Waals surface area contributed by atoms with Crippen molar-refractivity contribution in [1.29, 1.82) is 0 Å². The van der Waals surface area contributed by atoms with Gasteiger partial charge in [0, 0.05) is 0 Å².